The molecule has 1 atom stereocenters. The van der Waals surface area contributed by atoms with E-state index in [0.717, 1.165) is 14.8 Å². The molecule has 0 aliphatic heterocycles. The van der Waals surface area contributed by atoms with Crippen LogP contribution in [0.15, 0.2) is 47.4 Å². The average Bonchev–Trinajstić information content (AvgIpc) is 2.41. The van der Waals surface area contributed by atoms with Crippen molar-refractivity contribution in [3.63, 3.8) is 0 Å². The van der Waals surface area contributed by atoms with Crippen molar-refractivity contribution in [2.75, 3.05) is 11.6 Å². The Morgan fingerprint density at radius 2 is 1.76 bits per heavy atom. The summed E-state index contributed by atoms with van der Waals surface area (Å²) in [6.07, 6.45) is 1.20. The molecule has 3 nitrogen and oxygen atoms in total. The van der Waals surface area contributed by atoms with Crippen molar-refractivity contribution in [2.24, 2.45) is 0 Å². The van der Waals surface area contributed by atoms with Crippen molar-refractivity contribution in [3.05, 3.63) is 56.6 Å². The van der Waals surface area contributed by atoms with Crippen LogP contribution in [0.2, 0.25) is 5.02 Å². The first kappa shape index (κ1) is 16.6. The zero-order valence-corrected chi connectivity index (χ0v) is 15.3. The largest absolute Gasteiger partial charge is 0.377 e. The van der Waals surface area contributed by atoms with Gasteiger partial charge in [-0.25, -0.2) is 8.42 Å². The smallest absolute Gasteiger partial charge is 0.175 e. The van der Waals surface area contributed by atoms with E-state index in [0.29, 0.717) is 9.92 Å². The van der Waals surface area contributed by atoms with Crippen molar-refractivity contribution < 1.29 is 8.42 Å². The quantitative estimate of drug-likeness (QED) is 0.718. The van der Waals surface area contributed by atoms with Crippen molar-refractivity contribution in [1.29, 1.82) is 0 Å². The van der Waals surface area contributed by atoms with E-state index in [-0.39, 0.29) is 6.04 Å². The summed E-state index contributed by atoms with van der Waals surface area (Å²) in [6.45, 7) is 2.00. The molecule has 1 N–H and O–H groups in total. The molecule has 0 spiro atoms. The molecule has 0 bridgehead atoms. The fourth-order valence-electron chi connectivity index (χ4n) is 1.93. The predicted octanol–water partition coefficient (Wildman–Crippen LogP) is 4.52. The van der Waals surface area contributed by atoms with Crippen LogP contribution in [0, 0.1) is 3.57 Å². The normalized spacial score (nSPS) is 13.0. The van der Waals surface area contributed by atoms with Crippen molar-refractivity contribution in [2.45, 2.75) is 17.9 Å². The van der Waals surface area contributed by atoms with E-state index >= 15 is 0 Å². The van der Waals surface area contributed by atoms with Gasteiger partial charge in [0.15, 0.2) is 9.84 Å². The number of nitrogens with one attached hydrogen (secondary N) is 1. The van der Waals surface area contributed by atoms with Gasteiger partial charge in [-0.05, 0) is 65.4 Å². The molecule has 0 aliphatic carbocycles. The van der Waals surface area contributed by atoms with Gasteiger partial charge in [0.05, 0.1) is 15.6 Å². The highest BCUT2D eigenvalue weighted by atomic mass is 127. The molecule has 1 unspecified atom stereocenters. The molecule has 0 aromatic heterocycles. The van der Waals surface area contributed by atoms with Crippen LogP contribution in [-0.2, 0) is 9.84 Å². The molecule has 0 heterocycles. The van der Waals surface area contributed by atoms with Gasteiger partial charge >= 0.3 is 0 Å². The van der Waals surface area contributed by atoms with Crippen LogP contribution in [-0.4, -0.2) is 14.7 Å². The topological polar surface area (TPSA) is 46.2 Å². The van der Waals surface area contributed by atoms with E-state index in [2.05, 4.69) is 27.9 Å². The maximum atomic E-state index is 11.4. The molecule has 0 fully saturated rings. The Morgan fingerprint density at radius 1 is 1.14 bits per heavy atom. The highest BCUT2D eigenvalue weighted by Crippen LogP contribution is 2.28. The Balaban J connectivity index is 2.18. The average molecular weight is 436 g/mol. The standard InChI is InChI=1S/C15H15ClINO2S/c1-10(18-15-8-5-12(17)9-14(15)16)11-3-6-13(7-4-11)21(2,19)20/h3-10,18H,1-2H3. The van der Waals surface area contributed by atoms with Crippen LogP contribution in [0.5, 0.6) is 0 Å². The van der Waals surface area contributed by atoms with Gasteiger partial charge in [-0.1, -0.05) is 23.7 Å². The lowest BCUT2D eigenvalue weighted by molar-refractivity contribution is 0.602. The summed E-state index contributed by atoms with van der Waals surface area (Å²) in [5.74, 6) is 0. The maximum absolute atomic E-state index is 11.4. The number of hydrogen-bond donors (Lipinski definition) is 1. The fraction of sp³-hybridized carbons (Fsp3) is 0.200. The molecular weight excluding hydrogens is 421 g/mol. The Kier molecular flexibility index (Phi) is 5.16. The second-order valence-electron chi connectivity index (χ2n) is 4.83. The van der Waals surface area contributed by atoms with E-state index in [4.69, 9.17) is 11.6 Å². The molecule has 2 rings (SSSR count). The van der Waals surface area contributed by atoms with Crippen LogP contribution < -0.4 is 5.32 Å². The van der Waals surface area contributed by atoms with Crippen molar-refractivity contribution in [3.8, 4) is 0 Å². The summed E-state index contributed by atoms with van der Waals surface area (Å²) in [4.78, 5) is 0.325. The number of anilines is 1. The monoisotopic (exact) mass is 435 g/mol. The fourth-order valence-corrected chi connectivity index (χ4v) is 3.47. The molecule has 0 radical (unpaired) electrons. The van der Waals surface area contributed by atoms with E-state index in [9.17, 15) is 8.42 Å². The Hall–Kier alpha value is -0.790. The van der Waals surface area contributed by atoms with Crippen LogP contribution in [0.3, 0.4) is 0 Å². The molecule has 0 saturated heterocycles. The third-order valence-electron chi connectivity index (χ3n) is 3.11. The molecule has 112 valence electrons. The second kappa shape index (κ2) is 6.54. The van der Waals surface area contributed by atoms with Crippen LogP contribution in [0.1, 0.15) is 18.5 Å². The van der Waals surface area contributed by atoms with Gasteiger partial charge in [-0.2, -0.15) is 0 Å². The van der Waals surface area contributed by atoms with Gasteiger partial charge in [0, 0.05) is 15.9 Å². The summed E-state index contributed by atoms with van der Waals surface area (Å²) >= 11 is 8.41. The molecule has 2 aromatic rings. The summed E-state index contributed by atoms with van der Waals surface area (Å²) in [7, 11) is -3.16. The lowest BCUT2D eigenvalue weighted by Gasteiger charge is -2.17. The first-order chi connectivity index (χ1) is 9.77. The molecule has 0 aliphatic rings. The summed E-state index contributed by atoms with van der Waals surface area (Å²) in [6, 6.07) is 12.7. The highest BCUT2D eigenvalue weighted by molar-refractivity contribution is 14.1. The van der Waals surface area contributed by atoms with Crippen molar-refractivity contribution in [1.82, 2.24) is 0 Å². The third-order valence-corrected chi connectivity index (χ3v) is 5.22. The second-order valence-corrected chi connectivity index (χ2v) is 8.50. The minimum Gasteiger partial charge on any atom is -0.377 e. The summed E-state index contributed by atoms with van der Waals surface area (Å²) in [5.41, 5.74) is 1.86. The Bertz CT molecular complexity index is 745. The minimum atomic E-state index is -3.16. The van der Waals surface area contributed by atoms with Gasteiger partial charge in [-0.3, -0.25) is 0 Å². The number of halogens is 2. The van der Waals surface area contributed by atoms with Crippen LogP contribution in [0.25, 0.3) is 0 Å². The summed E-state index contributed by atoms with van der Waals surface area (Å²) < 4.78 is 24.0. The van der Waals surface area contributed by atoms with Gasteiger partial charge < -0.3 is 5.32 Å². The van der Waals surface area contributed by atoms with Crippen LogP contribution in [0.4, 0.5) is 5.69 Å². The van der Waals surface area contributed by atoms with Gasteiger partial charge in [0.25, 0.3) is 0 Å². The van der Waals surface area contributed by atoms with Crippen molar-refractivity contribution >= 4 is 49.7 Å². The Labute approximate surface area is 143 Å². The van der Waals surface area contributed by atoms with E-state index in [1.165, 1.54) is 6.26 Å². The van der Waals surface area contributed by atoms with Gasteiger partial charge in [0.1, 0.15) is 0 Å². The lowest BCUT2D eigenvalue weighted by atomic mass is 10.1. The third kappa shape index (κ3) is 4.34. The number of benzene rings is 2. The highest BCUT2D eigenvalue weighted by Gasteiger charge is 2.10. The zero-order valence-electron chi connectivity index (χ0n) is 11.6. The molecule has 6 heteroatoms. The van der Waals surface area contributed by atoms with E-state index < -0.39 is 9.84 Å². The van der Waals surface area contributed by atoms with Crippen LogP contribution >= 0.6 is 34.2 Å². The summed E-state index contributed by atoms with van der Waals surface area (Å²) in [5, 5.41) is 4.00. The number of hydrogen-bond acceptors (Lipinski definition) is 3. The minimum absolute atomic E-state index is 0.0242. The first-order valence-corrected chi connectivity index (χ1v) is 9.64. The molecule has 21 heavy (non-hydrogen) atoms. The zero-order chi connectivity index (χ0) is 15.6. The predicted molar refractivity (Wildman–Crippen MR) is 95.8 cm³/mol. The molecule has 2 aromatic carbocycles. The van der Waals surface area contributed by atoms with E-state index in [1.807, 2.05) is 37.3 Å². The lowest BCUT2D eigenvalue weighted by Crippen LogP contribution is -2.07. The van der Waals surface area contributed by atoms with Gasteiger partial charge in [0.2, 0.25) is 0 Å². The molecule has 0 saturated carbocycles. The SMILES string of the molecule is CC(Nc1ccc(I)cc1Cl)c1ccc(S(C)(=O)=O)cc1. The first-order valence-electron chi connectivity index (χ1n) is 6.29. The Morgan fingerprint density at radius 3 is 2.29 bits per heavy atom. The molecule has 0 amide bonds. The number of sulfone groups is 1. The molecular formula is C15H15ClINO2S. The number of rotatable bonds is 4. The van der Waals surface area contributed by atoms with Gasteiger partial charge in [-0.15, -0.1) is 0 Å². The van der Waals surface area contributed by atoms with E-state index in [1.54, 1.807) is 12.1 Å². The maximum Gasteiger partial charge on any atom is 0.175 e.